The average Bonchev–Trinajstić information content (AvgIpc) is 3.04. The van der Waals surface area contributed by atoms with Gasteiger partial charge in [0.05, 0.1) is 30.1 Å². The molecule has 0 spiro atoms. The van der Waals surface area contributed by atoms with E-state index in [1.165, 1.54) is 13.2 Å². The molecular formula is C28H29N3O4. The zero-order chi connectivity index (χ0) is 25.0. The Morgan fingerprint density at radius 2 is 1.83 bits per heavy atom. The molecule has 3 aromatic carbocycles. The predicted octanol–water partition coefficient (Wildman–Crippen LogP) is 5.77. The van der Waals surface area contributed by atoms with Crippen LogP contribution in [0.3, 0.4) is 0 Å². The van der Waals surface area contributed by atoms with Gasteiger partial charge in [0.2, 0.25) is 5.72 Å². The number of hydrogen-bond donors (Lipinski definition) is 0. The summed E-state index contributed by atoms with van der Waals surface area (Å²) < 4.78 is 12.4. The lowest BCUT2D eigenvalue weighted by atomic mass is 9.76. The van der Waals surface area contributed by atoms with Gasteiger partial charge in [0.1, 0.15) is 0 Å². The molecule has 3 aromatic rings. The Hall–Kier alpha value is -4.00. The molecule has 180 valence electrons. The molecule has 0 fully saturated rings. The zero-order valence-corrected chi connectivity index (χ0v) is 20.6. The molecule has 7 heteroatoms. The number of fused-ring (bicyclic) bond motifs is 4. The van der Waals surface area contributed by atoms with Crippen molar-refractivity contribution in [2.45, 2.75) is 31.5 Å². The van der Waals surface area contributed by atoms with Crippen LogP contribution in [0.4, 0.5) is 17.1 Å². The number of non-ortho nitro benzene ring substituents is 1. The van der Waals surface area contributed by atoms with Crippen molar-refractivity contribution >= 4 is 23.1 Å². The minimum absolute atomic E-state index is 0.0139. The molecule has 7 nitrogen and oxygen atoms in total. The molecule has 1 unspecified atom stereocenters. The fourth-order valence-electron chi connectivity index (χ4n) is 5.22. The SMILES string of the molecule is COc1cc([N+](=O)[O-])cc2c1OC1(/C=C/c3ccc(N(C)C)cc3)N(C2)c2ccccc2C1(C)C. The van der Waals surface area contributed by atoms with Crippen LogP contribution in [-0.4, -0.2) is 31.9 Å². The van der Waals surface area contributed by atoms with Crippen molar-refractivity contribution in [3.63, 3.8) is 0 Å². The van der Waals surface area contributed by atoms with Crippen LogP contribution in [0.1, 0.15) is 30.5 Å². The molecule has 0 aliphatic carbocycles. The lowest BCUT2D eigenvalue weighted by Gasteiger charge is -2.48. The first-order valence-electron chi connectivity index (χ1n) is 11.6. The fourth-order valence-corrected chi connectivity index (χ4v) is 5.22. The van der Waals surface area contributed by atoms with Gasteiger partial charge < -0.3 is 19.3 Å². The second kappa shape index (κ2) is 8.05. The third-order valence-electron chi connectivity index (χ3n) is 7.21. The summed E-state index contributed by atoms with van der Waals surface area (Å²) in [7, 11) is 5.55. The number of nitro groups is 1. The summed E-state index contributed by atoms with van der Waals surface area (Å²) in [4.78, 5) is 15.4. The molecule has 0 radical (unpaired) electrons. The first-order valence-corrected chi connectivity index (χ1v) is 11.6. The summed E-state index contributed by atoms with van der Waals surface area (Å²) in [6.07, 6.45) is 4.20. The van der Waals surface area contributed by atoms with Crippen LogP contribution < -0.4 is 19.3 Å². The van der Waals surface area contributed by atoms with Gasteiger partial charge in [0.15, 0.2) is 11.5 Å². The van der Waals surface area contributed by atoms with Crippen LogP contribution in [0.25, 0.3) is 6.08 Å². The number of anilines is 2. The highest BCUT2D eigenvalue weighted by molar-refractivity contribution is 5.72. The van der Waals surface area contributed by atoms with Crippen LogP contribution in [-0.2, 0) is 12.0 Å². The lowest BCUT2D eigenvalue weighted by molar-refractivity contribution is -0.385. The van der Waals surface area contributed by atoms with Crippen LogP contribution in [0.5, 0.6) is 11.5 Å². The number of ether oxygens (including phenoxy) is 2. The Bertz CT molecular complexity index is 1330. The Kier molecular flexibility index (Phi) is 5.24. The van der Waals surface area contributed by atoms with Gasteiger partial charge in [-0.05, 0) is 49.2 Å². The summed E-state index contributed by atoms with van der Waals surface area (Å²) >= 11 is 0. The minimum Gasteiger partial charge on any atom is -0.493 e. The van der Waals surface area contributed by atoms with E-state index in [-0.39, 0.29) is 5.69 Å². The van der Waals surface area contributed by atoms with Crippen LogP contribution in [0.15, 0.2) is 66.7 Å². The van der Waals surface area contributed by atoms with Crippen molar-refractivity contribution < 1.29 is 14.4 Å². The number of methoxy groups -OCH3 is 1. The maximum atomic E-state index is 11.6. The normalized spacial score (nSPS) is 19.5. The number of benzene rings is 3. The van der Waals surface area contributed by atoms with Gasteiger partial charge in [0, 0.05) is 37.1 Å². The van der Waals surface area contributed by atoms with E-state index >= 15 is 0 Å². The van der Waals surface area contributed by atoms with Crippen molar-refractivity contribution in [1.82, 2.24) is 0 Å². The van der Waals surface area contributed by atoms with Gasteiger partial charge in [-0.3, -0.25) is 10.1 Å². The zero-order valence-electron chi connectivity index (χ0n) is 20.6. The Balaban J connectivity index is 1.67. The summed E-state index contributed by atoms with van der Waals surface area (Å²) in [5.74, 6) is 0.909. The van der Waals surface area contributed by atoms with E-state index in [9.17, 15) is 10.1 Å². The Morgan fingerprint density at radius 3 is 2.49 bits per heavy atom. The largest absolute Gasteiger partial charge is 0.493 e. The van der Waals surface area contributed by atoms with Gasteiger partial charge in [0.25, 0.3) is 5.69 Å². The van der Waals surface area contributed by atoms with E-state index in [2.05, 4.69) is 72.2 Å². The minimum atomic E-state index is -0.854. The number of hydrogen-bond acceptors (Lipinski definition) is 6. The standard InChI is InChI=1S/C28H29N3O4/c1-27(2)23-8-6-7-9-24(23)30-18-20-16-22(31(32)33)17-25(34-5)26(20)35-28(27,30)15-14-19-10-12-21(13-11-19)29(3)4/h6-17H,18H2,1-5H3/b15-14+. The highest BCUT2D eigenvalue weighted by Gasteiger charge is 2.60. The van der Waals surface area contributed by atoms with Crippen molar-refractivity contribution in [2.24, 2.45) is 0 Å². The van der Waals surface area contributed by atoms with Gasteiger partial charge in [-0.15, -0.1) is 0 Å². The van der Waals surface area contributed by atoms with E-state index in [0.717, 1.165) is 28.1 Å². The summed E-state index contributed by atoms with van der Waals surface area (Å²) in [6, 6.07) is 19.6. The van der Waals surface area contributed by atoms with Crippen molar-refractivity contribution in [2.75, 3.05) is 31.0 Å². The fraction of sp³-hybridized carbons (Fsp3) is 0.286. The molecule has 2 aliphatic rings. The first-order chi connectivity index (χ1) is 16.7. The second-order valence-corrected chi connectivity index (χ2v) is 9.74. The van der Waals surface area contributed by atoms with Gasteiger partial charge in [-0.1, -0.05) is 36.4 Å². The van der Waals surface area contributed by atoms with E-state index in [4.69, 9.17) is 9.47 Å². The molecule has 0 saturated heterocycles. The second-order valence-electron chi connectivity index (χ2n) is 9.74. The highest BCUT2D eigenvalue weighted by atomic mass is 16.6. The summed E-state index contributed by atoms with van der Waals surface area (Å²) in [5.41, 5.74) is 3.84. The topological polar surface area (TPSA) is 68.1 Å². The van der Waals surface area contributed by atoms with E-state index < -0.39 is 16.1 Å². The van der Waals surface area contributed by atoms with E-state index in [1.807, 2.05) is 26.2 Å². The molecule has 0 aromatic heterocycles. The van der Waals surface area contributed by atoms with Crippen molar-refractivity contribution in [3.05, 3.63) is 93.5 Å². The van der Waals surface area contributed by atoms with E-state index in [1.54, 1.807) is 6.07 Å². The summed E-state index contributed by atoms with van der Waals surface area (Å²) in [5, 5.41) is 11.6. The molecule has 0 amide bonds. The maximum absolute atomic E-state index is 11.6. The van der Waals surface area contributed by atoms with Crippen LogP contribution >= 0.6 is 0 Å². The van der Waals surface area contributed by atoms with Gasteiger partial charge in [-0.2, -0.15) is 0 Å². The third-order valence-corrected chi connectivity index (χ3v) is 7.21. The first kappa shape index (κ1) is 22.8. The summed E-state index contributed by atoms with van der Waals surface area (Å²) in [6.45, 7) is 4.81. The lowest BCUT2D eigenvalue weighted by Crippen LogP contribution is -2.60. The van der Waals surface area contributed by atoms with E-state index in [0.29, 0.717) is 18.0 Å². The Morgan fingerprint density at radius 1 is 1.11 bits per heavy atom. The molecule has 1 atom stereocenters. The van der Waals surface area contributed by atoms with Crippen LogP contribution in [0.2, 0.25) is 0 Å². The van der Waals surface area contributed by atoms with Crippen LogP contribution in [0, 0.1) is 10.1 Å². The number of para-hydroxylation sites is 1. The number of nitrogens with zero attached hydrogens (tertiary/aromatic N) is 3. The molecule has 5 rings (SSSR count). The molecular weight excluding hydrogens is 442 g/mol. The van der Waals surface area contributed by atoms with Crippen molar-refractivity contribution in [1.29, 1.82) is 0 Å². The number of nitro benzene ring substituents is 1. The highest BCUT2D eigenvalue weighted by Crippen LogP contribution is 2.57. The predicted molar refractivity (Wildman–Crippen MR) is 138 cm³/mol. The Labute approximate surface area is 205 Å². The van der Waals surface area contributed by atoms with Gasteiger partial charge in [-0.25, -0.2) is 0 Å². The molecule has 35 heavy (non-hydrogen) atoms. The quantitative estimate of drug-likeness (QED) is 0.348. The smallest absolute Gasteiger partial charge is 0.273 e. The van der Waals surface area contributed by atoms with Gasteiger partial charge >= 0.3 is 0 Å². The molecule has 0 bridgehead atoms. The average molecular weight is 472 g/mol. The monoisotopic (exact) mass is 471 g/mol. The number of rotatable bonds is 5. The molecule has 2 aliphatic heterocycles. The van der Waals surface area contributed by atoms with Crippen molar-refractivity contribution in [3.8, 4) is 11.5 Å². The molecule has 0 N–H and O–H groups in total. The third kappa shape index (κ3) is 3.41. The molecule has 0 saturated carbocycles. The maximum Gasteiger partial charge on any atom is 0.273 e. The molecule has 2 heterocycles.